The summed E-state index contributed by atoms with van der Waals surface area (Å²) in [5.41, 5.74) is 2.83. The maximum absolute atomic E-state index is 12.5. The molecule has 29 heavy (non-hydrogen) atoms. The van der Waals surface area contributed by atoms with Crippen molar-refractivity contribution >= 4 is 38.1 Å². The van der Waals surface area contributed by atoms with Crippen molar-refractivity contribution in [3.8, 4) is 17.0 Å². The summed E-state index contributed by atoms with van der Waals surface area (Å²) in [6, 6.07) is 14.5. The van der Waals surface area contributed by atoms with Crippen LogP contribution in [0.1, 0.15) is 10.4 Å². The molecular formula is C20H19N3O4S2. The molecule has 4 rings (SSSR count). The van der Waals surface area contributed by atoms with Gasteiger partial charge in [-0.05, 0) is 30.7 Å². The minimum absolute atomic E-state index is 0.0198. The maximum Gasteiger partial charge on any atom is 0.264 e. The first kappa shape index (κ1) is 19.4. The monoisotopic (exact) mass is 429 g/mol. The SMILES string of the molecule is Cc1sc(NS(=O)(=O)Cc2ccccc2)nc1-c1ccc2c(c1)N(C)C(=O)CO2. The van der Waals surface area contributed by atoms with Crippen LogP contribution in [0.4, 0.5) is 10.8 Å². The van der Waals surface area contributed by atoms with Crippen LogP contribution in [0.15, 0.2) is 48.5 Å². The molecule has 1 amide bonds. The standard InChI is InChI=1S/C20H19N3O4S2/c1-13-19(15-8-9-17-16(10-15)23(2)18(24)11-27-17)21-20(28-13)22-29(25,26)12-14-6-4-3-5-7-14/h3-10H,11-12H2,1-2H3,(H,21,22). The van der Waals surface area contributed by atoms with Crippen molar-refractivity contribution in [2.45, 2.75) is 12.7 Å². The molecule has 0 atom stereocenters. The summed E-state index contributed by atoms with van der Waals surface area (Å²) < 4.78 is 33.0. The van der Waals surface area contributed by atoms with Gasteiger partial charge in [-0.15, -0.1) is 11.3 Å². The Kier molecular flexibility index (Phi) is 5.01. The Balaban J connectivity index is 1.59. The summed E-state index contributed by atoms with van der Waals surface area (Å²) in [5, 5.41) is 0.312. The molecule has 0 saturated carbocycles. The van der Waals surface area contributed by atoms with Gasteiger partial charge >= 0.3 is 0 Å². The molecule has 9 heteroatoms. The van der Waals surface area contributed by atoms with Crippen LogP contribution in [0, 0.1) is 6.92 Å². The summed E-state index contributed by atoms with van der Waals surface area (Å²) >= 11 is 1.27. The molecule has 0 spiro atoms. The van der Waals surface area contributed by atoms with Crippen molar-refractivity contribution in [2.24, 2.45) is 0 Å². The molecule has 0 fully saturated rings. The van der Waals surface area contributed by atoms with Crippen LogP contribution in [0.3, 0.4) is 0 Å². The van der Waals surface area contributed by atoms with E-state index in [0.29, 0.717) is 27.8 Å². The molecule has 0 unspecified atom stereocenters. The zero-order chi connectivity index (χ0) is 20.6. The van der Waals surface area contributed by atoms with Gasteiger partial charge in [0.05, 0.1) is 17.1 Å². The number of ether oxygens (including phenoxy) is 1. The van der Waals surface area contributed by atoms with E-state index in [1.165, 1.54) is 11.3 Å². The van der Waals surface area contributed by atoms with Gasteiger partial charge in [0.1, 0.15) is 5.75 Å². The zero-order valence-corrected chi connectivity index (χ0v) is 17.5. The fourth-order valence-electron chi connectivity index (χ4n) is 3.09. The number of likely N-dealkylation sites (N-methyl/N-ethyl adjacent to an activating group) is 1. The van der Waals surface area contributed by atoms with Gasteiger partial charge in [-0.1, -0.05) is 30.3 Å². The second-order valence-electron chi connectivity index (χ2n) is 6.69. The first-order valence-electron chi connectivity index (χ1n) is 8.88. The van der Waals surface area contributed by atoms with E-state index in [1.54, 1.807) is 42.3 Å². The first-order chi connectivity index (χ1) is 13.8. The summed E-state index contributed by atoms with van der Waals surface area (Å²) in [4.78, 5) is 18.8. The summed E-state index contributed by atoms with van der Waals surface area (Å²) in [6.45, 7) is 1.90. The Labute approximate surface area is 173 Å². The Hall–Kier alpha value is -2.91. The van der Waals surface area contributed by atoms with Gasteiger partial charge in [-0.2, -0.15) is 0 Å². The highest BCUT2D eigenvalue weighted by Gasteiger charge is 2.24. The van der Waals surface area contributed by atoms with Crippen LogP contribution in [-0.2, 0) is 20.6 Å². The molecule has 0 radical (unpaired) electrons. The van der Waals surface area contributed by atoms with E-state index < -0.39 is 10.0 Å². The van der Waals surface area contributed by atoms with Crippen LogP contribution in [0.2, 0.25) is 0 Å². The predicted octanol–water partition coefficient (Wildman–Crippen LogP) is 3.42. The number of amides is 1. The number of fused-ring (bicyclic) bond motifs is 1. The third-order valence-electron chi connectivity index (χ3n) is 4.56. The fourth-order valence-corrected chi connectivity index (χ4v) is 5.34. The summed E-state index contributed by atoms with van der Waals surface area (Å²) in [6.07, 6.45) is 0. The first-order valence-corrected chi connectivity index (χ1v) is 11.3. The Morgan fingerprint density at radius 1 is 1.21 bits per heavy atom. The quantitative estimate of drug-likeness (QED) is 0.671. The second-order valence-corrected chi connectivity index (χ2v) is 9.62. The van der Waals surface area contributed by atoms with Gasteiger partial charge < -0.3 is 9.64 Å². The second kappa shape index (κ2) is 7.49. The van der Waals surface area contributed by atoms with E-state index in [9.17, 15) is 13.2 Å². The van der Waals surface area contributed by atoms with E-state index in [4.69, 9.17) is 4.74 Å². The molecule has 0 saturated heterocycles. The molecular weight excluding hydrogens is 410 g/mol. The van der Waals surface area contributed by atoms with E-state index in [0.717, 1.165) is 10.4 Å². The van der Waals surface area contributed by atoms with E-state index in [2.05, 4.69) is 9.71 Å². The number of benzene rings is 2. The van der Waals surface area contributed by atoms with E-state index >= 15 is 0 Å². The van der Waals surface area contributed by atoms with Crippen molar-refractivity contribution in [1.29, 1.82) is 0 Å². The fraction of sp³-hybridized carbons (Fsp3) is 0.200. The number of rotatable bonds is 5. The van der Waals surface area contributed by atoms with Gasteiger partial charge in [0, 0.05) is 17.5 Å². The highest BCUT2D eigenvalue weighted by Crippen LogP contribution is 2.38. The van der Waals surface area contributed by atoms with Crippen molar-refractivity contribution in [2.75, 3.05) is 23.3 Å². The van der Waals surface area contributed by atoms with Crippen LogP contribution >= 0.6 is 11.3 Å². The lowest BCUT2D eigenvalue weighted by Gasteiger charge is -2.26. The minimum atomic E-state index is -3.58. The third kappa shape index (κ3) is 4.10. The van der Waals surface area contributed by atoms with Gasteiger partial charge in [0.15, 0.2) is 11.7 Å². The number of nitrogens with zero attached hydrogens (tertiary/aromatic N) is 2. The number of sulfonamides is 1. The lowest BCUT2D eigenvalue weighted by molar-refractivity contribution is -0.120. The molecule has 7 nitrogen and oxygen atoms in total. The zero-order valence-electron chi connectivity index (χ0n) is 15.9. The normalized spacial score (nSPS) is 13.7. The topological polar surface area (TPSA) is 88.6 Å². The van der Waals surface area contributed by atoms with Gasteiger partial charge in [0.2, 0.25) is 10.0 Å². The minimum Gasteiger partial charge on any atom is -0.482 e. The smallest absolute Gasteiger partial charge is 0.264 e. The van der Waals surface area contributed by atoms with Crippen LogP contribution in [-0.4, -0.2) is 33.0 Å². The average Bonchev–Trinajstić information content (AvgIpc) is 3.04. The Bertz CT molecular complexity index is 1170. The van der Waals surface area contributed by atoms with Crippen molar-refractivity contribution in [1.82, 2.24) is 4.98 Å². The molecule has 0 aliphatic carbocycles. The number of hydrogen-bond donors (Lipinski definition) is 1. The maximum atomic E-state index is 12.5. The number of carbonyl (C=O) groups is 1. The van der Waals surface area contributed by atoms with Gasteiger partial charge in [-0.25, -0.2) is 13.4 Å². The largest absolute Gasteiger partial charge is 0.482 e. The Morgan fingerprint density at radius 2 is 1.97 bits per heavy atom. The molecule has 2 aromatic carbocycles. The number of carbonyl (C=O) groups excluding carboxylic acids is 1. The Morgan fingerprint density at radius 3 is 2.72 bits per heavy atom. The average molecular weight is 430 g/mol. The van der Waals surface area contributed by atoms with Crippen LogP contribution in [0.5, 0.6) is 5.75 Å². The van der Waals surface area contributed by atoms with Crippen LogP contribution in [0.25, 0.3) is 11.3 Å². The molecule has 1 N–H and O–H groups in total. The predicted molar refractivity (Wildman–Crippen MR) is 114 cm³/mol. The molecule has 2 heterocycles. The van der Waals surface area contributed by atoms with Crippen molar-refractivity contribution < 1.29 is 17.9 Å². The molecule has 1 aliphatic rings. The lowest BCUT2D eigenvalue weighted by atomic mass is 10.1. The number of anilines is 2. The van der Waals surface area contributed by atoms with E-state index in [1.807, 2.05) is 25.1 Å². The third-order valence-corrected chi connectivity index (χ3v) is 6.79. The highest BCUT2D eigenvalue weighted by molar-refractivity contribution is 7.92. The number of hydrogen-bond acceptors (Lipinski definition) is 6. The summed E-state index contributed by atoms with van der Waals surface area (Å²) in [5.74, 6) is 0.386. The van der Waals surface area contributed by atoms with Crippen molar-refractivity contribution in [3.05, 3.63) is 59.0 Å². The molecule has 150 valence electrons. The van der Waals surface area contributed by atoms with Gasteiger partial charge in [-0.3, -0.25) is 9.52 Å². The van der Waals surface area contributed by atoms with Crippen LogP contribution < -0.4 is 14.4 Å². The number of nitrogens with one attached hydrogen (secondary N) is 1. The number of thiazole rings is 1. The van der Waals surface area contributed by atoms with Gasteiger partial charge in [0.25, 0.3) is 5.91 Å². The molecule has 3 aromatic rings. The number of aryl methyl sites for hydroxylation is 1. The molecule has 0 bridgehead atoms. The van der Waals surface area contributed by atoms with E-state index in [-0.39, 0.29) is 18.3 Å². The van der Waals surface area contributed by atoms with Crippen molar-refractivity contribution in [3.63, 3.8) is 0 Å². The molecule has 1 aromatic heterocycles. The summed E-state index contributed by atoms with van der Waals surface area (Å²) in [7, 11) is -1.88. The lowest BCUT2D eigenvalue weighted by Crippen LogP contribution is -2.35. The highest BCUT2D eigenvalue weighted by atomic mass is 32.2. The number of aromatic nitrogens is 1. The molecule has 1 aliphatic heterocycles.